The zero-order valence-corrected chi connectivity index (χ0v) is 22.5. The van der Waals surface area contributed by atoms with Gasteiger partial charge in [0.15, 0.2) is 0 Å². The molecule has 196 valence electrons. The van der Waals surface area contributed by atoms with E-state index in [0.717, 1.165) is 9.13 Å². The summed E-state index contributed by atoms with van der Waals surface area (Å²) in [5.41, 5.74) is 1.67. The number of benzene rings is 2. The Hall–Kier alpha value is -2.80. The van der Waals surface area contributed by atoms with Crippen molar-refractivity contribution in [2.75, 3.05) is 27.0 Å². The van der Waals surface area contributed by atoms with Crippen molar-refractivity contribution >= 4 is 40.4 Å². The first-order valence-corrected chi connectivity index (χ1v) is 13.1. The third-order valence-electron chi connectivity index (χ3n) is 6.36. The molecule has 37 heavy (non-hydrogen) atoms. The van der Waals surface area contributed by atoms with Crippen LogP contribution in [0.3, 0.4) is 0 Å². The molecule has 1 fully saturated rings. The Morgan fingerprint density at radius 3 is 2.68 bits per heavy atom. The van der Waals surface area contributed by atoms with Crippen LogP contribution in [0.4, 0.5) is 0 Å². The number of carbonyl (C=O) groups is 3. The van der Waals surface area contributed by atoms with Crippen molar-refractivity contribution in [1.29, 1.82) is 0 Å². The van der Waals surface area contributed by atoms with Crippen LogP contribution < -0.4 is 5.32 Å². The van der Waals surface area contributed by atoms with Crippen molar-refractivity contribution in [2.24, 2.45) is 0 Å². The molecular formula is C27H29IN2O7. The summed E-state index contributed by atoms with van der Waals surface area (Å²) < 4.78 is 18.0. The zero-order valence-electron chi connectivity index (χ0n) is 20.3. The molecule has 2 aromatic carbocycles. The number of nitrogens with one attached hydrogen (secondary N) is 1. The molecule has 0 aromatic heterocycles. The van der Waals surface area contributed by atoms with Gasteiger partial charge in [0.25, 0.3) is 0 Å². The van der Waals surface area contributed by atoms with E-state index in [1.165, 1.54) is 4.90 Å². The number of ether oxygens (including phenoxy) is 3. The molecule has 2 amide bonds. The van der Waals surface area contributed by atoms with Crippen molar-refractivity contribution in [3.05, 3.63) is 80.9 Å². The molecule has 1 heterocycles. The summed E-state index contributed by atoms with van der Waals surface area (Å²) in [6, 6.07) is 15.6. The first-order chi connectivity index (χ1) is 17.9. The molecule has 0 saturated carbocycles. The fourth-order valence-electron chi connectivity index (χ4n) is 4.44. The van der Waals surface area contributed by atoms with Crippen LogP contribution in [0, 0.1) is 3.57 Å². The van der Waals surface area contributed by atoms with Crippen LogP contribution in [0.25, 0.3) is 0 Å². The van der Waals surface area contributed by atoms with Gasteiger partial charge in [0.1, 0.15) is 31.1 Å². The van der Waals surface area contributed by atoms with Gasteiger partial charge in [0.05, 0.1) is 12.2 Å². The molecule has 4 unspecified atom stereocenters. The first kappa shape index (κ1) is 27.2. The number of likely N-dealkylation sites (N-methyl/N-ethyl adjacent to an activating group) is 1. The smallest absolute Gasteiger partial charge is 0.338 e. The van der Waals surface area contributed by atoms with E-state index in [-0.39, 0.29) is 38.2 Å². The summed E-state index contributed by atoms with van der Waals surface area (Å²) in [5, 5.41) is 11.8. The third-order valence-corrected chi connectivity index (χ3v) is 7.04. The summed E-state index contributed by atoms with van der Waals surface area (Å²) in [7, 11) is 1.57. The lowest BCUT2D eigenvalue weighted by Gasteiger charge is -2.33. The largest absolute Gasteiger partial charge is 0.456 e. The molecule has 0 spiro atoms. The van der Waals surface area contributed by atoms with Crippen LogP contribution in [0.15, 0.2) is 66.2 Å². The van der Waals surface area contributed by atoms with E-state index in [0.29, 0.717) is 17.6 Å². The van der Waals surface area contributed by atoms with E-state index in [1.54, 1.807) is 31.3 Å². The van der Waals surface area contributed by atoms with Crippen LogP contribution in [0.5, 0.6) is 0 Å². The topological polar surface area (TPSA) is 114 Å². The number of carbonyl (C=O) groups excluding carboxylic acids is 3. The van der Waals surface area contributed by atoms with Crippen molar-refractivity contribution in [3.8, 4) is 0 Å². The molecule has 4 rings (SSSR count). The minimum Gasteiger partial charge on any atom is -0.456 e. The van der Waals surface area contributed by atoms with Gasteiger partial charge in [-0.1, -0.05) is 36.4 Å². The van der Waals surface area contributed by atoms with Gasteiger partial charge in [-0.25, -0.2) is 4.79 Å². The summed E-state index contributed by atoms with van der Waals surface area (Å²) in [5.74, 6) is -1.25. The molecule has 9 nitrogen and oxygen atoms in total. The highest BCUT2D eigenvalue weighted by atomic mass is 127. The van der Waals surface area contributed by atoms with Crippen LogP contribution in [-0.4, -0.2) is 79.1 Å². The van der Waals surface area contributed by atoms with E-state index in [4.69, 9.17) is 19.3 Å². The number of aliphatic hydroxyl groups is 1. The van der Waals surface area contributed by atoms with E-state index in [2.05, 4.69) is 27.9 Å². The summed E-state index contributed by atoms with van der Waals surface area (Å²) >= 11 is 2.12. The molecule has 1 aliphatic heterocycles. The van der Waals surface area contributed by atoms with Crippen molar-refractivity contribution in [1.82, 2.24) is 10.2 Å². The maximum Gasteiger partial charge on any atom is 0.338 e. The maximum absolute atomic E-state index is 13.6. The van der Waals surface area contributed by atoms with Crippen molar-refractivity contribution < 1.29 is 33.7 Å². The lowest BCUT2D eigenvalue weighted by molar-refractivity contribution is -0.137. The number of rotatable bonds is 9. The minimum atomic E-state index is -0.812. The summed E-state index contributed by atoms with van der Waals surface area (Å²) in [6.07, 6.45) is 0.305. The molecular weight excluding hydrogens is 591 g/mol. The van der Waals surface area contributed by atoms with Crippen molar-refractivity contribution in [3.63, 3.8) is 0 Å². The van der Waals surface area contributed by atoms with E-state index in [1.807, 2.05) is 36.4 Å². The van der Waals surface area contributed by atoms with Gasteiger partial charge in [0.2, 0.25) is 11.8 Å². The predicted molar refractivity (Wildman–Crippen MR) is 142 cm³/mol. The fourth-order valence-corrected chi connectivity index (χ4v) is 4.99. The number of aliphatic hydroxyl groups excluding tert-OH is 1. The number of nitrogens with zero attached hydrogens (tertiary/aromatic N) is 1. The Morgan fingerprint density at radius 2 is 1.95 bits per heavy atom. The molecule has 0 radical (unpaired) electrons. The molecule has 0 bridgehead atoms. The Morgan fingerprint density at radius 1 is 1.16 bits per heavy atom. The van der Waals surface area contributed by atoms with Gasteiger partial charge in [0, 0.05) is 35.6 Å². The number of fused-ring (bicyclic) bond motifs is 1. The van der Waals surface area contributed by atoms with Gasteiger partial charge >= 0.3 is 5.97 Å². The van der Waals surface area contributed by atoms with Gasteiger partial charge in [-0.15, -0.1) is 0 Å². The number of halogens is 1. The van der Waals surface area contributed by atoms with E-state index in [9.17, 15) is 14.4 Å². The maximum atomic E-state index is 13.6. The lowest BCUT2D eigenvalue weighted by Crippen LogP contribution is -2.51. The lowest BCUT2D eigenvalue weighted by atomic mass is 9.90. The highest BCUT2D eigenvalue weighted by molar-refractivity contribution is 14.1. The van der Waals surface area contributed by atoms with Crippen LogP contribution in [-0.2, 0) is 30.2 Å². The average molecular weight is 620 g/mol. The Balaban J connectivity index is 1.53. The average Bonchev–Trinajstić information content (AvgIpc) is 3.39. The first-order valence-electron chi connectivity index (χ1n) is 12.0. The molecule has 2 aromatic rings. The predicted octanol–water partition coefficient (Wildman–Crippen LogP) is 2.07. The Bertz CT molecular complexity index is 1160. The monoisotopic (exact) mass is 620 g/mol. The highest BCUT2D eigenvalue weighted by Crippen LogP contribution is 2.32. The van der Waals surface area contributed by atoms with Gasteiger partial charge < -0.3 is 29.5 Å². The standard InChI is InChI=1S/C27H29IN2O7/c1-30(21(25(32)29-10-11-31)12-17-6-3-2-4-7-17)26(33)19-14-22-24(36-16-35-22)23(15-19)37-27(34)18-8-5-9-20(28)13-18/h2-9,13-14,21-24,31H,10-12,15-16H2,1H3,(H,29,32). The quantitative estimate of drug-likeness (QED) is 0.326. The highest BCUT2D eigenvalue weighted by Gasteiger charge is 2.43. The number of esters is 1. The van der Waals surface area contributed by atoms with Crippen LogP contribution >= 0.6 is 22.6 Å². The normalized spacial score (nSPS) is 21.4. The minimum absolute atomic E-state index is 0.0284. The molecule has 1 aliphatic carbocycles. The molecule has 2 aliphatic rings. The van der Waals surface area contributed by atoms with Crippen molar-refractivity contribution in [2.45, 2.75) is 37.2 Å². The second-order valence-corrected chi connectivity index (χ2v) is 10.1. The zero-order chi connectivity index (χ0) is 26.4. The van der Waals surface area contributed by atoms with Gasteiger partial charge in [-0.3, -0.25) is 9.59 Å². The molecule has 10 heteroatoms. The SMILES string of the molecule is CN(C(=O)C1=CC2OCOC2C(OC(=O)c2cccc(I)c2)C1)C(Cc1ccccc1)C(=O)NCCO. The summed E-state index contributed by atoms with van der Waals surface area (Å²) in [4.78, 5) is 40.8. The second kappa shape index (κ2) is 12.6. The molecule has 1 saturated heterocycles. The van der Waals surface area contributed by atoms with E-state index < -0.39 is 30.3 Å². The molecule has 2 N–H and O–H groups in total. The Kier molecular flexibility index (Phi) is 9.30. The number of hydrogen-bond acceptors (Lipinski definition) is 7. The van der Waals surface area contributed by atoms with Gasteiger partial charge in [-0.05, 0) is 52.4 Å². The summed E-state index contributed by atoms with van der Waals surface area (Å²) in [6.45, 7) is -0.0958. The fraction of sp³-hybridized carbons (Fsp3) is 0.370. The van der Waals surface area contributed by atoms with Gasteiger partial charge in [-0.2, -0.15) is 0 Å². The number of hydrogen-bond donors (Lipinski definition) is 2. The molecule has 4 atom stereocenters. The Labute approximate surface area is 228 Å². The third kappa shape index (κ3) is 6.75. The van der Waals surface area contributed by atoms with Crippen LogP contribution in [0.1, 0.15) is 22.3 Å². The van der Waals surface area contributed by atoms with Crippen LogP contribution in [0.2, 0.25) is 0 Å². The second-order valence-electron chi connectivity index (χ2n) is 8.87. The van der Waals surface area contributed by atoms with E-state index >= 15 is 0 Å². The number of amides is 2.